The topological polar surface area (TPSA) is 41.9 Å². The molecule has 0 saturated carbocycles. The minimum absolute atomic E-state index is 0.115. The van der Waals surface area contributed by atoms with E-state index in [2.05, 4.69) is 9.47 Å². The molecule has 0 fully saturated rings. The number of halogens is 9. The van der Waals surface area contributed by atoms with Crippen molar-refractivity contribution in [3.05, 3.63) is 59.7 Å². The normalized spacial score (nSPS) is 13.8. The Kier molecular flexibility index (Phi) is 7.88. The third-order valence-corrected chi connectivity index (χ3v) is 3.89. The molecule has 2 rings (SSSR count). The molecule has 0 radical (unpaired) electrons. The Morgan fingerprint density at radius 1 is 0.719 bits per heavy atom. The minimum Gasteiger partial charge on any atom is -0.406 e. The number of ether oxygens (including phenoxy) is 2. The summed E-state index contributed by atoms with van der Waals surface area (Å²) in [6, 6.07) is 8.89. The summed E-state index contributed by atoms with van der Waals surface area (Å²) in [7, 11) is 0. The van der Waals surface area contributed by atoms with Crippen molar-refractivity contribution in [3.8, 4) is 11.5 Å². The first-order valence-corrected chi connectivity index (χ1v) is 8.77. The molecular weight excluding hydrogens is 461 g/mol. The maximum Gasteiger partial charge on any atom is 0.573 e. The lowest BCUT2D eigenvalue weighted by molar-refractivity contribution is -0.275. The van der Waals surface area contributed by atoms with Gasteiger partial charge in [0.15, 0.2) is 6.10 Å². The van der Waals surface area contributed by atoms with E-state index in [9.17, 15) is 44.6 Å². The van der Waals surface area contributed by atoms with E-state index in [1.807, 2.05) is 0 Å². The fourth-order valence-electron chi connectivity index (χ4n) is 2.73. The van der Waals surface area contributed by atoms with E-state index >= 15 is 0 Å². The summed E-state index contributed by atoms with van der Waals surface area (Å²) >= 11 is 0. The van der Waals surface area contributed by atoms with Crippen molar-refractivity contribution in [3.63, 3.8) is 0 Å². The summed E-state index contributed by atoms with van der Waals surface area (Å²) in [6.07, 6.45) is -17.7. The Hall–Kier alpha value is -2.67. The fourth-order valence-corrected chi connectivity index (χ4v) is 2.73. The maximum absolute atomic E-state index is 12.8. The van der Waals surface area contributed by atoms with Crippen LogP contribution in [0.2, 0.25) is 0 Å². The van der Waals surface area contributed by atoms with Crippen LogP contribution in [0.4, 0.5) is 39.5 Å². The maximum atomic E-state index is 12.8. The minimum atomic E-state index is -4.99. The zero-order valence-corrected chi connectivity index (χ0v) is 15.9. The highest BCUT2D eigenvalue weighted by molar-refractivity contribution is 5.30. The molecule has 4 nitrogen and oxygen atoms in total. The summed E-state index contributed by atoms with van der Waals surface area (Å²) in [5, 5.41) is 9.41. The van der Waals surface area contributed by atoms with Crippen molar-refractivity contribution in [1.29, 1.82) is 0 Å². The van der Waals surface area contributed by atoms with Gasteiger partial charge in [0, 0.05) is 19.6 Å². The SMILES string of the molecule is O[C@H](CN(Cc1cccc(OC(F)(F)F)c1)Cc1cccc(OC(F)(F)F)c1)C(F)(F)F. The van der Waals surface area contributed by atoms with E-state index in [0.717, 1.165) is 29.2 Å². The van der Waals surface area contributed by atoms with Crippen molar-refractivity contribution in [2.45, 2.75) is 38.1 Å². The molecule has 1 atom stereocenters. The van der Waals surface area contributed by atoms with Crippen LogP contribution in [-0.2, 0) is 13.1 Å². The summed E-state index contributed by atoms with van der Waals surface area (Å²) < 4.78 is 120. The number of aliphatic hydroxyl groups excluding tert-OH is 1. The Balaban J connectivity index is 2.24. The second kappa shape index (κ2) is 9.86. The molecule has 0 aliphatic heterocycles. The van der Waals surface area contributed by atoms with Crippen LogP contribution in [0.1, 0.15) is 11.1 Å². The van der Waals surface area contributed by atoms with Gasteiger partial charge in [-0.2, -0.15) is 13.2 Å². The van der Waals surface area contributed by atoms with Crippen molar-refractivity contribution < 1.29 is 54.1 Å². The number of benzene rings is 2. The monoisotopic (exact) mass is 477 g/mol. The van der Waals surface area contributed by atoms with Gasteiger partial charge in [0.1, 0.15) is 11.5 Å². The molecule has 0 bridgehead atoms. The largest absolute Gasteiger partial charge is 0.573 e. The van der Waals surface area contributed by atoms with Crippen LogP contribution in [0.25, 0.3) is 0 Å². The predicted octanol–water partition coefficient (Wildman–Crippen LogP) is 5.41. The molecule has 0 aliphatic carbocycles. The van der Waals surface area contributed by atoms with Crippen LogP contribution in [0.15, 0.2) is 48.5 Å². The number of hydrogen-bond donors (Lipinski definition) is 1. The highest BCUT2D eigenvalue weighted by Crippen LogP contribution is 2.27. The average Bonchev–Trinajstić information content (AvgIpc) is 2.58. The van der Waals surface area contributed by atoms with Crippen molar-refractivity contribution in [2.24, 2.45) is 0 Å². The van der Waals surface area contributed by atoms with Gasteiger partial charge in [0.2, 0.25) is 0 Å². The number of nitrogens with zero attached hydrogens (tertiary/aromatic N) is 1. The number of hydrogen-bond acceptors (Lipinski definition) is 4. The van der Waals surface area contributed by atoms with Gasteiger partial charge in [-0.1, -0.05) is 24.3 Å². The Labute approximate surface area is 175 Å². The summed E-state index contributed by atoms with van der Waals surface area (Å²) in [6.45, 7) is -1.72. The molecule has 0 heterocycles. The van der Waals surface area contributed by atoms with Gasteiger partial charge in [-0.15, -0.1) is 26.3 Å². The van der Waals surface area contributed by atoms with E-state index in [-0.39, 0.29) is 24.2 Å². The molecule has 178 valence electrons. The third-order valence-electron chi connectivity index (χ3n) is 3.89. The van der Waals surface area contributed by atoms with Gasteiger partial charge < -0.3 is 14.6 Å². The van der Waals surface area contributed by atoms with Gasteiger partial charge in [0.05, 0.1) is 0 Å². The molecule has 0 aliphatic rings. The van der Waals surface area contributed by atoms with Crippen LogP contribution >= 0.6 is 0 Å². The van der Waals surface area contributed by atoms with Crippen LogP contribution in [-0.4, -0.2) is 41.6 Å². The van der Waals surface area contributed by atoms with Crippen molar-refractivity contribution in [1.82, 2.24) is 4.90 Å². The smallest absolute Gasteiger partial charge is 0.406 e. The first-order chi connectivity index (χ1) is 14.6. The number of rotatable bonds is 8. The highest BCUT2D eigenvalue weighted by atomic mass is 19.4. The van der Waals surface area contributed by atoms with E-state index in [4.69, 9.17) is 0 Å². The van der Waals surface area contributed by atoms with E-state index < -0.39 is 43.0 Å². The molecule has 1 N–H and O–H groups in total. The second-order valence-electron chi connectivity index (χ2n) is 6.62. The van der Waals surface area contributed by atoms with Gasteiger partial charge in [0.25, 0.3) is 0 Å². The van der Waals surface area contributed by atoms with Crippen LogP contribution < -0.4 is 9.47 Å². The second-order valence-corrected chi connectivity index (χ2v) is 6.62. The molecule has 0 unspecified atom stereocenters. The van der Waals surface area contributed by atoms with Crippen LogP contribution in [0.3, 0.4) is 0 Å². The summed E-state index contributed by atoms with van der Waals surface area (Å²) in [4.78, 5) is 1.01. The van der Waals surface area contributed by atoms with E-state index in [1.54, 1.807) is 0 Å². The fraction of sp³-hybridized carbons (Fsp3) is 0.368. The molecule has 0 amide bonds. The van der Waals surface area contributed by atoms with Gasteiger partial charge in [-0.25, -0.2) is 0 Å². The third kappa shape index (κ3) is 9.22. The molecule has 0 saturated heterocycles. The molecule has 0 aromatic heterocycles. The van der Waals surface area contributed by atoms with E-state index in [1.165, 1.54) is 24.3 Å². The first kappa shape index (κ1) is 25.6. The lowest BCUT2D eigenvalue weighted by atomic mass is 10.1. The summed E-state index contributed by atoms with van der Waals surface area (Å²) in [5.74, 6) is -1.21. The van der Waals surface area contributed by atoms with Crippen LogP contribution in [0, 0.1) is 0 Å². The zero-order valence-electron chi connectivity index (χ0n) is 15.9. The van der Waals surface area contributed by atoms with Crippen molar-refractivity contribution >= 4 is 0 Å². The zero-order chi connectivity index (χ0) is 24.2. The molecule has 2 aromatic rings. The van der Waals surface area contributed by atoms with Crippen LogP contribution in [0.5, 0.6) is 11.5 Å². The standard InChI is InChI=1S/C19H16F9NO3/c20-17(21,22)16(30)11-29(9-12-3-1-5-14(7-12)31-18(23,24)25)10-13-4-2-6-15(8-13)32-19(26,27)28/h1-8,16,30H,9-11H2/t16-/m1/s1. The Bertz CT molecular complexity index is 820. The molecule has 0 spiro atoms. The highest BCUT2D eigenvalue weighted by Gasteiger charge is 2.39. The Morgan fingerprint density at radius 2 is 1.12 bits per heavy atom. The Morgan fingerprint density at radius 3 is 1.47 bits per heavy atom. The number of alkyl halides is 9. The molecular formula is C19H16F9NO3. The molecule has 32 heavy (non-hydrogen) atoms. The molecule has 2 aromatic carbocycles. The first-order valence-electron chi connectivity index (χ1n) is 8.77. The number of aliphatic hydroxyl groups is 1. The van der Waals surface area contributed by atoms with Gasteiger partial charge in [-0.05, 0) is 35.4 Å². The average molecular weight is 477 g/mol. The van der Waals surface area contributed by atoms with E-state index in [0.29, 0.717) is 0 Å². The van der Waals surface area contributed by atoms with Crippen molar-refractivity contribution in [2.75, 3.05) is 6.54 Å². The van der Waals surface area contributed by atoms with Gasteiger partial charge >= 0.3 is 18.9 Å². The lowest BCUT2D eigenvalue weighted by Crippen LogP contribution is -2.40. The van der Waals surface area contributed by atoms with Gasteiger partial charge in [-0.3, -0.25) is 4.90 Å². The summed E-state index contributed by atoms with van der Waals surface area (Å²) in [5.41, 5.74) is 0.229. The lowest BCUT2D eigenvalue weighted by Gasteiger charge is -2.26. The predicted molar refractivity (Wildman–Crippen MR) is 92.4 cm³/mol. The quantitative estimate of drug-likeness (QED) is 0.517. The molecule has 13 heteroatoms.